The summed E-state index contributed by atoms with van der Waals surface area (Å²) in [6.07, 6.45) is 1.68. The molecule has 1 amide bonds. The van der Waals surface area contributed by atoms with Crippen molar-refractivity contribution in [3.63, 3.8) is 0 Å². The van der Waals surface area contributed by atoms with Crippen molar-refractivity contribution in [2.75, 3.05) is 7.11 Å². The van der Waals surface area contributed by atoms with Gasteiger partial charge in [-0.25, -0.2) is 9.37 Å². The molecule has 9 heteroatoms. The summed E-state index contributed by atoms with van der Waals surface area (Å²) in [7, 11) is 2.93. The molecular formula is C30H30BFN4O3. The van der Waals surface area contributed by atoms with E-state index in [1.807, 2.05) is 49.4 Å². The fourth-order valence-corrected chi connectivity index (χ4v) is 4.56. The molecule has 0 saturated heterocycles. The second kappa shape index (κ2) is 12.3. The van der Waals surface area contributed by atoms with Crippen molar-refractivity contribution in [1.82, 2.24) is 14.9 Å². The molecule has 4 rings (SSSR count). The number of nitrogens with one attached hydrogen (secondary N) is 2. The van der Waals surface area contributed by atoms with Gasteiger partial charge < -0.3 is 10.1 Å². The molecule has 3 aromatic carbocycles. The summed E-state index contributed by atoms with van der Waals surface area (Å²) >= 11 is 0. The normalized spacial score (nSPS) is 10.7. The van der Waals surface area contributed by atoms with Gasteiger partial charge >= 0.3 is 0 Å². The molecule has 7 nitrogen and oxygen atoms in total. The van der Waals surface area contributed by atoms with Gasteiger partial charge in [0.1, 0.15) is 24.1 Å². The number of carbonyl (C=O) groups is 1. The molecular weight excluding hydrogens is 494 g/mol. The minimum absolute atomic E-state index is 0.0319. The van der Waals surface area contributed by atoms with Gasteiger partial charge in [-0.05, 0) is 47.4 Å². The van der Waals surface area contributed by atoms with E-state index >= 15 is 0 Å². The second-order valence-electron chi connectivity index (χ2n) is 9.15. The summed E-state index contributed by atoms with van der Waals surface area (Å²) in [5.74, 6) is 0.439. The third kappa shape index (κ3) is 6.14. The maximum absolute atomic E-state index is 14.1. The molecule has 0 unspecified atom stereocenters. The van der Waals surface area contributed by atoms with Crippen LogP contribution < -0.4 is 15.6 Å². The fraction of sp³-hybridized carbons (Fsp3) is 0.200. The molecule has 0 fully saturated rings. The molecule has 0 saturated carbocycles. The Morgan fingerprint density at radius 3 is 2.38 bits per heavy atom. The highest BCUT2D eigenvalue weighted by Crippen LogP contribution is 2.25. The number of amidine groups is 1. The SMILES string of the molecule is BC(=O)NC(=N)c1ccccc1-c1ccc(Cc2c(CCC)nc(CF)n(-c3ccc(OC)cc3)c2=O)cc1. The van der Waals surface area contributed by atoms with Gasteiger partial charge in [-0.3, -0.25) is 19.6 Å². The van der Waals surface area contributed by atoms with Gasteiger partial charge in [0.05, 0.1) is 18.5 Å². The highest BCUT2D eigenvalue weighted by molar-refractivity contribution is 6.58. The van der Waals surface area contributed by atoms with Crippen LogP contribution in [0.2, 0.25) is 0 Å². The zero-order valence-electron chi connectivity index (χ0n) is 22.3. The van der Waals surface area contributed by atoms with Crippen LogP contribution in [0.5, 0.6) is 5.75 Å². The van der Waals surface area contributed by atoms with Crippen LogP contribution in [0, 0.1) is 5.41 Å². The average molecular weight is 524 g/mol. The first-order valence-electron chi connectivity index (χ1n) is 12.7. The minimum atomic E-state index is -0.861. The zero-order valence-corrected chi connectivity index (χ0v) is 22.3. The summed E-state index contributed by atoms with van der Waals surface area (Å²) < 4.78 is 20.6. The molecule has 2 N–H and O–H groups in total. The predicted octanol–water partition coefficient (Wildman–Crippen LogP) is 4.59. The monoisotopic (exact) mass is 524 g/mol. The molecule has 4 aromatic rings. The van der Waals surface area contributed by atoms with Crippen LogP contribution in [0.3, 0.4) is 0 Å². The van der Waals surface area contributed by atoms with Crippen LogP contribution in [0.1, 0.15) is 41.6 Å². The fourth-order valence-electron chi connectivity index (χ4n) is 4.56. The Morgan fingerprint density at radius 1 is 1.08 bits per heavy atom. The quantitative estimate of drug-likeness (QED) is 0.190. The first-order valence-corrected chi connectivity index (χ1v) is 12.7. The van der Waals surface area contributed by atoms with E-state index in [-0.39, 0.29) is 23.0 Å². The molecule has 198 valence electrons. The number of halogens is 1. The Kier molecular flexibility index (Phi) is 8.71. The van der Waals surface area contributed by atoms with E-state index in [0.717, 1.165) is 23.1 Å². The van der Waals surface area contributed by atoms with Gasteiger partial charge in [0.2, 0.25) is 7.85 Å². The van der Waals surface area contributed by atoms with Crippen LogP contribution in [0.25, 0.3) is 16.8 Å². The first kappa shape index (κ1) is 27.5. The molecule has 0 atom stereocenters. The number of hydrogen-bond acceptors (Lipinski definition) is 5. The van der Waals surface area contributed by atoms with E-state index in [4.69, 9.17) is 10.1 Å². The lowest BCUT2D eigenvalue weighted by Crippen LogP contribution is -2.29. The van der Waals surface area contributed by atoms with E-state index in [1.165, 1.54) is 12.4 Å². The number of aryl methyl sites for hydroxylation is 1. The summed E-state index contributed by atoms with van der Waals surface area (Å²) in [5.41, 5.74) is 4.58. The van der Waals surface area contributed by atoms with E-state index in [9.17, 15) is 14.0 Å². The van der Waals surface area contributed by atoms with Crippen molar-refractivity contribution in [1.29, 1.82) is 5.41 Å². The van der Waals surface area contributed by atoms with Gasteiger partial charge in [0, 0.05) is 17.5 Å². The van der Waals surface area contributed by atoms with E-state index in [1.54, 1.807) is 37.4 Å². The molecule has 1 heterocycles. The van der Waals surface area contributed by atoms with Crippen LogP contribution in [0.15, 0.2) is 77.6 Å². The topological polar surface area (TPSA) is 97.1 Å². The third-order valence-electron chi connectivity index (χ3n) is 6.41. The largest absolute Gasteiger partial charge is 0.497 e. The second-order valence-corrected chi connectivity index (χ2v) is 9.15. The first-order chi connectivity index (χ1) is 18.9. The van der Waals surface area contributed by atoms with Crippen LogP contribution in [-0.4, -0.2) is 36.1 Å². The zero-order chi connectivity index (χ0) is 27.9. The molecule has 0 spiro atoms. The number of carbonyl (C=O) groups excluding carboxylic acids is 1. The molecule has 0 bridgehead atoms. The molecule has 0 aliphatic heterocycles. The Hall–Kier alpha value is -4.53. The number of amides is 1. The molecule has 39 heavy (non-hydrogen) atoms. The lowest BCUT2D eigenvalue weighted by molar-refractivity contribution is 0.263. The van der Waals surface area contributed by atoms with Crippen molar-refractivity contribution in [2.24, 2.45) is 0 Å². The lowest BCUT2D eigenvalue weighted by Gasteiger charge is -2.16. The predicted molar refractivity (Wildman–Crippen MR) is 154 cm³/mol. The van der Waals surface area contributed by atoms with Gasteiger partial charge in [-0.2, -0.15) is 0 Å². The smallest absolute Gasteiger partial charge is 0.261 e. The Labute approximate surface area is 227 Å². The lowest BCUT2D eigenvalue weighted by atomic mass is 9.95. The number of alkyl halides is 1. The number of hydrogen-bond donors (Lipinski definition) is 2. The van der Waals surface area contributed by atoms with Gasteiger partial charge in [-0.1, -0.05) is 61.9 Å². The van der Waals surface area contributed by atoms with Crippen LogP contribution in [-0.2, 0) is 19.5 Å². The van der Waals surface area contributed by atoms with Crippen LogP contribution >= 0.6 is 0 Å². The van der Waals surface area contributed by atoms with Gasteiger partial charge in [-0.15, -0.1) is 0 Å². The van der Waals surface area contributed by atoms with E-state index in [0.29, 0.717) is 41.1 Å². The van der Waals surface area contributed by atoms with Crippen molar-refractivity contribution in [2.45, 2.75) is 32.9 Å². The van der Waals surface area contributed by atoms with E-state index in [2.05, 4.69) is 10.3 Å². The molecule has 0 aliphatic carbocycles. The van der Waals surface area contributed by atoms with Crippen molar-refractivity contribution >= 4 is 19.5 Å². The van der Waals surface area contributed by atoms with Gasteiger partial charge in [0.25, 0.3) is 5.56 Å². The Balaban J connectivity index is 1.72. The number of benzene rings is 3. The molecule has 0 radical (unpaired) electrons. The molecule has 1 aromatic heterocycles. The number of nitrogens with zero attached hydrogens (tertiary/aromatic N) is 2. The summed E-state index contributed by atoms with van der Waals surface area (Å²) in [5, 5.41) is 10.8. The van der Waals surface area contributed by atoms with Crippen LogP contribution in [0.4, 0.5) is 9.18 Å². The highest BCUT2D eigenvalue weighted by Gasteiger charge is 2.18. The number of methoxy groups -OCH3 is 1. The van der Waals surface area contributed by atoms with Gasteiger partial charge in [0.15, 0.2) is 5.81 Å². The maximum Gasteiger partial charge on any atom is 0.261 e. The number of ether oxygens (including phenoxy) is 1. The third-order valence-corrected chi connectivity index (χ3v) is 6.41. The van der Waals surface area contributed by atoms with Crippen molar-refractivity contribution in [3.8, 4) is 22.6 Å². The summed E-state index contributed by atoms with van der Waals surface area (Å²) in [6, 6.07) is 22.0. The average Bonchev–Trinajstić information content (AvgIpc) is 2.95. The molecule has 0 aliphatic rings. The minimum Gasteiger partial charge on any atom is -0.497 e. The number of rotatable bonds is 9. The highest BCUT2D eigenvalue weighted by atomic mass is 19.1. The van der Waals surface area contributed by atoms with E-state index < -0.39 is 6.67 Å². The maximum atomic E-state index is 14.1. The standard InChI is InChI=1S/C30H30BFN4O3/c1-3-6-26-25(29(37)36(27(18-32)34-26)21-13-15-22(39-2)16-14-21)17-19-9-11-20(12-10-19)23-7-4-5-8-24(23)28(33)35-30(31)38/h4-5,7-16H,3,6,17-18,31H2,1-2H3,(H2,33,35,38). The number of aromatic nitrogens is 2. The van der Waals surface area contributed by atoms with Crippen molar-refractivity contribution in [3.05, 3.63) is 111 Å². The summed E-state index contributed by atoms with van der Waals surface area (Å²) in [6.45, 7) is 1.14. The summed E-state index contributed by atoms with van der Waals surface area (Å²) in [4.78, 5) is 29.8. The Bertz CT molecular complexity index is 1550. The van der Waals surface area contributed by atoms with Crippen molar-refractivity contribution < 1.29 is 13.9 Å². The Morgan fingerprint density at radius 2 is 1.77 bits per heavy atom.